The Morgan fingerprint density at radius 1 is 0.875 bits per heavy atom. The van der Waals surface area contributed by atoms with Gasteiger partial charge in [-0.2, -0.15) is 0 Å². The maximum atomic E-state index is 13.7. The van der Waals surface area contributed by atoms with Gasteiger partial charge in [-0.15, -0.1) is 0 Å². The summed E-state index contributed by atoms with van der Waals surface area (Å²) in [6.45, 7) is 0.734. The van der Waals surface area contributed by atoms with Gasteiger partial charge in [0.25, 0.3) is 0 Å². The van der Waals surface area contributed by atoms with E-state index in [2.05, 4.69) is 4.90 Å². The predicted molar refractivity (Wildman–Crippen MR) is 123 cm³/mol. The van der Waals surface area contributed by atoms with E-state index in [1.54, 1.807) is 24.3 Å². The third-order valence-corrected chi connectivity index (χ3v) is 7.49. The van der Waals surface area contributed by atoms with E-state index in [1.165, 1.54) is 4.90 Å². The van der Waals surface area contributed by atoms with Gasteiger partial charge in [0, 0.05) is 16.6 Å². The molecular formula is C26H21ClN2O3. The second-order valence-electron chi connectivity index (χ2n) is 8.86. The Bertz CT molecular complexity index is 1270. The van der Waals surface area contributed by atoms with Crippen molar-refractivity contribution in [2.75, 3.05) is 11.4 Å². The van der Waals surface area contributed by atoms with Crippen molar-refractivity contribution in [3.05, 3.63) is 77.3 Å². The molecule has 6 heteroatoms. The van der Waals surface area contributed by atoms with Gasteiger partial charge in [-0.1, -0.05) is 41.9 Å². The number of halogens is 1. The molecule has 32 heavy (non-hydrogen) atoms. The Balaban J connectivity index is 1.41. The topological polar surface area (TPSA) is 57.7 Å². The number of Topliss-reactive ketones (excluding diaryl/α,β-unsaturated/α-hetero) is 1. The Labute approximate surface area is 190 Å². The second kappa shape index (κ2) is 7.26. The largest absolute Gasteiger partial charge is 0.292 e. The van der Waals surface area contributed by atoms with Gasteiger partial charge < -0.3 is 0 Å². The van der Waals surface area contributed by atoms with Crippen LogP contribution in [0, 0.1) is 11.8 Å². The van der Waals surface area contributed by atoms with Crippen LogP contribution in [0.3, 0.4) is 0 Å². The molecule has 0 unspecified atom stereocenters. The molecule has 2 amide bonds. The number of benzene rings is 3. The number of amides is 2. The molecule has 3 aliphatic rings. The highest BCUT2D eigenvalue weighted by Gasteiger charge is 2.64. The second-order valence-corrected chi connectivity index (χ2v) is 9.29. The Hall–Kier alpha value is -3.02. The molecule has 0 spiro atoms. The molecular weight excluding hydrogens is 424 g/mol. The van der Waals surface area contributed by atoms with Gasteiger partial charge in [-0.05, 0) is 66.6 Å². The quantitative estimate of drug-likeness (QED) is 0.445. The van der Waals surface area contributed by atoms with E-state index in [1.807, 2.05) is 42.5 Å². The summed E-state index contributed by atoms with van der Waals surface area (Å²) in [5, 5.41) is 2.58. The van der Waals surface area contributed by atoms with Crippen molar-refractivity contribution >= 4 is 45.7 Å². The third-order valence-electron chi connectivity index (χ3n) is 7.24. The molecule has 0 aliphatic carbocycles. The lowest BCUT2D eigenvalue weighted by Crippen LogP contribution is -2.46. The van der Waals surface area contributed by atoms with Gasteiger partial charge in [0.1, 0.15) is 0 Å². The molecule has 3 saturated heterocycles. The first kappa shape index (κ1) is 19.6. The molecule has 3 fully saturated rings. The summed E-state index contributed by atoms with van der Waals surface area (Å²) in [6, 6.07) is 19.6. The van der Waals surface area contributed by atoms with E-state index < -0.39 is 17.9 Å². The lowest BCUT2D eigenvalue weighted by molar-refractivity contribution is -0.123. The number of ketones is 1. The van der Waals surface area contributed by atoms with Gasteiger partial charge in [0.05, 0.1) is 23.6 Å². The van der Waals surface area contributed by atoms with Crippen LogP contribution < -0.4 is 4.90 Å². The van der Waals surface area contributed by atoms with Crippen LogP contribution in [0.25, 0.3) is 10.8 Å². The molecule has 0 radical (unpaired) electrons. The maximum absolute atomic E-state index is 13.7. The predicted octanol–water partition coefficient (Wildman–Crippen LogP) is 4.33. The highest BCUT2D eigenvalue weighted by atomic mass is 35.5. The molecule has 160 valence electrons. The molecule has 6 rings (SSSR count). The van der Waals surface area contributed by atoms with Crippen LogP contribution in [0.2, 0.25) is 5.02 Å². The van der Waals surface area contributed by atoms with Crippen LogP contribution >= 0.6 is 11.6 Å². The van der Waals surface area contributed by atoms with Gasteiger partial charge in [0.2, 0.25) is 11.8 Å². The number of carbonyl (C=O) groups excluding carboxylic acids is 3. The molecule has 0 saturated carbocycles. The van der Waals surface area contributed by atoms with E-state index in [-0.39, 0.29) is 23.6 Å². The minimum Gasteiger partial charge on any atom is -0.292 e. The number of fused-ring (bicyclic) bond motifs is 4. The first-order valence-corrected chi connectivity index (χ1v) is 11.3. The fourth-order valence-electron chi connectivity index (χ4n) is 5.87. The number of hydrogen-bond acceptors (Lipinski definition) is 4. The number of hydrogen-bond donors (Lipinski definition) is 0. The summed E-state index contributed by atoms with van der Waals surface area (Å²) >= 11 is 6.00. The van der Waals surface area contributed by atoms with Crippen molar-refractivity contribution in [3.63, 3.8) is 0 Å². The molecule has 3 aliphatic heterocycles. The summed E-state index contributed by atoms with van der Waals surface area (Å²) in [4.78, 5) is 44.2. The Morgan fingerprint density at radius 3 is 2.38 bits per heavy atom. The highest BCUT2D eigenvalue weighted by molar-refractivity contribution is 6.30. The zero-order chi connectivity index (χ0) is 22.0. The first-order chi connectivity index (χ1) is 15.5. The average molecular weight is 445 g/mol. The van der Waals surface area contributed by atoms with Crippen LogP contribution in [-0.2, 0) is 9.59 Å². The van der Waals surface area contributed by atoms with Crippen LogP contribution in [0.5, 0.6) is 0 Å². The maximum Gasteiger partial charge on any atom is 0.239 e. The normalized spacial score (nSPS) is 27.2. The highest BCUT2D eigenvalue weighted by Crippen LogP contribution is 2.48. The van der Waals surface area contributed by atoms with E-state index in [9.17, 15) is 14.4 Å². The lowest BCUT2D eigenvalue weighted by atomic mass is 9.85. The van der Waals surface area contributed by atoms with Crippen LogP contribution in [-0.4, -0.2) is 41.1 Å². The number of anilines is 1. The molecule has 3 heterocycles. The minimum absolute atomic E-state index is 0.0665. The fourth-order valence-corrected chi connectivity index (χ4v) is 6.00. The first-order valence-electron chi connectivity index (χ1n) is 11.0. The summed E-state index contributed by atoms with van der Waals surface area (Å²) in [6.07, 6.45) is 1.76. The molecule has 4 atom stereocenters. The van der Waals surface area contributed by atoms with Gasteiger partial charge >= 0.3 is 0 Å². The molecule has 3 aromatic carbocycles. The van der Waals surface area contributed by atoms with Crippen molar-refractivity contribution in [1.29, 1.82) is 0 Å². The zero-order valence-corrected chi connectivity index (χ0v) is 18.0. The Kier molecular flexibility index (Phi) is 4.46. The van der Waals surface area contributed by atoms with Gasteiger partial charge in [0.15, 0.2) is 5.78 Å². The third kappa shape index (κ3) is 2.78. The van der Waals surface area contributed by atoms with E-state index in [0.717, 1.165) is 30.2 Å². The minimum atomic E-state index is -0.651. The molecule has 0 N–H and O–H groups in total. The summed E-state index contributed by atoms with van der Waals surface area (Å²) in [7, 11) is 0. The smallest absolute Gasteiger partial charge is 0.239 e. The van der Waals surface area contributed by atoms with Crippen molar-refractivity contribution in [1.82, 2.24) is 4.90 Å². The zero-order valence-electron chi connectivity index (χ0n) is 17.3. The van der Waals surface area contributed by atoms with E-state index in [0.29, 0.717) is 16.3 Å². The SMILES string of the molecule is O=C(c1ccc(Cl)cc1)[C@@H]1[C@@H]2C(=O)N(c3ccc4ccccc4c3)C(=O)[C@@H]2[C@H]2CCCN21. The van der Waals surface area contributed by atoms with Crippen LogP contribution in [0.4, 0.5) is 5.69 Å². The summed E-state index contributed by atoms with van der Waals surface area (Å²) < 4.78 is 0. The van der Waals surface area contributed by atoms with Crippen LogP contribution in [0.15, 0.2) is 66.7 Å². The standard InChI is InChI=1S/C26H21ClN2O3/c27-18-10-7-16(8-11-18)24(30)23-22-21(20-6-3-13-28(20)23)25(31)29(26(22)32)19-12-9-15-4-1-2-5-17(15)14-19/h1-2,4-5,7-12,14,20-23H,3,6,13H2/t20-,21-,22-,23+/m1/s1. The van der Waals surface area contributed by atoms with Crippen molar-refractivity contribution in [3.8, 4) is 0 Å². The number of rotatable bonds is 3. The van der Waals surface area contributed by atoms with Crippen molar-refractivity contribution in [2.45, 2.75) is 24.9 Å². The monoisotopic (exact) mass is 444 g/mol. The molecule has 3 aromatic rings. The van der Waals surface area contributed by atoms with E-state index >= 15 is 0 Å². The fraction of sp³-hybridized carbons (Fsp3) is 0.269. The number of carbonyl (C=O) groups is 3. The average Bonchev–Trinajstić information content (AvgIpc) is 3.45. The molecule has 0 bridgehead atoms. The number of imide groups is 1. The van der Waals surface area contributed by atoms with Crippen molar-refractivity contribution < 1.29 is 14.4 Å². The Morgan fingerprint density at radius 2 is 1.59 bits per heavy atom. The summed E-state index contributed by atoms with van der Waals surface area (Å²) in [5.74, 6) is -1.68. The molecule has 5 nitrogen and oxygen atoms in total. The number of nitrogens with zero attached hydrogens (tertiary/aromatic N) is 2. The molecule has 0 aromatic heterocycles. The van der Waals surface area contributed by atoms with Crippen LogP contribution in [0.1, 0.15) is 23.2 Å². The lowest BCUT2D eigenvalue weighted by Gasteiger charge is -2.27. The van der Waals surface area contributed by atoms with Gasteiger partial charge in [-0.3, -0.25) is 19.3 Å². The van der Waals surface area contributed by atoms with Gasteiger partial charge in [-0.25, -0.2) is 4.90 Å². The van der Waals surface area contributed by atoms with E-state index in [4.69, 9.17) is 11.6 Å². The van der Waals surface area contributed by atoms with Crippen molar-refractivity contribution in [2.24, 2.45) is 11.8 Å². The summed E-state index contributed by atoms with van der Waals surface area (Å²) in [5.41, 5.74) is 1.10.